The van der Waals surface area contributed by atoms with Crippen molar-refractivity contribution in [1.29, 1.82) is 0 Å². The summed E-state index contributed by atoms with van der Waals surface area (Å²) < 4.78 is 4.01. The van der Waals surface area contributed by atoms with Crippen LogP contribution >= 0.6 is 11.8 Å². The Morgan fingerprint density at radius 2 is 2.06 bits per heavy atom. The zero-order chi connectivity index (χ0) is 23.6. The number of rotatable bonds is 12. The van der Waals surface area contributed by atoms with Crippen LogP contribution in [0.5, 0.6) is 0 Å². The SMILES string of the molecule is CSc1nnc(CCCNC(=O)c2cccc(NC(=O)CCn3ccnc3)c2)n1CC(C)C. The van der Waals surface area contributed by atoms with E-state index in [1.807, 2.05) is 17.0 Å². The second-order valence-corrected chi connectivity index (χ2v) is 8.92. The third-order valence-corrected chi connectivity index (χ3v) is 5.62. The molecule has 0 aliphatic heterocycles. The first kappa shape index (κ1) is 24.5. The molecule has 10 heteroatoms. The molecule has 0 spiro atoms. The first-order valence-electron chi connectivity index (χ1n) is 11.1. The van der Waals surface area contributed by atoms with E-state index < -0.39 is 0 Å². The summed E-state index contributed by atoms with van der Waals surface area (Å²) in [5, 5.41) is 15.3. The molecule has 2 N–H and O–H groups in total. The number of nitrogens with one attached hydrogen (secondary N) is 2. The Morgan fingerprint density at radius 3 is 2.79 bits per heavy atom. The summed E-state index contributed by atoms with van der Waals surface area (Å²) in [7, 11) is 0. The largest absolute Gasteiger partial charge is 0.352 e. The van der Waals surface area contributed by atoms with Crippen molar-refractivity contribution in [2.45, 2.75) is 51.4 Å². The molecule has 0 fully saturated rings. The Kier molecular flexibility index (Phi) is 9.05. The summed E-state index contributed by atoms with van der Waals surface area (Å²) in [6, 6.07) is 6.96. The molecule has 0 bridgehead atoms. The number of aromatic nitrogens is 5. The van der Waals surface area contributed by atoms with Gasteiger partial charge in [0, 0.05) is 56.1 Å². The lowest BCUT2D eigenvalue weighted by atomic mass is 10.1. The number of thioether (sulfide) groups is 1. The van der Waals surface area contributed by atoms with Crippen molar-refractivity contribution in [3.05, 3.63) is 54.4 Å². The Labute approximate surface area is 198 Å². The van der Waals surface area contributed by atoms with Crippen LogP contribution in [0.3, 0.4) is 0 Å². The van der Waals surface area contributed by atoms with E-state index >= 15 is 0 Å². The molecule has 2 amide bonds. The highest BCUT2D eigenvalue weighted by Crippen LogP contribution is 2.17. The van der Waals surface area contributed by atoms with Crippen molar-refractivity contribution in [3.63, 3.8) is 0 Å². The lowest BCUT2D eigenvalue weighted by molar-refractivity contribution is -0.116. The van der Waals surface area contributed by atoms with E-state index in [0.29, 0.717) is 36.7 Å². The normalized spacial score (nSPS) is 11.0. The average Bonchev–Trinajstić information content (AvgIpc) is 3.45. The van der Waals surface area contributed by atoms with Crippen LogP contribution < -0.4 is 10.6 Å². The van der Waals surface area contributed by atoms with Gasteiger partial charge in [-0.15, -0.1) is 10.2 Å². The zero-order valence-electron chi connectivity index (χ0n) is 19.3. The topological polar surface area (TPSA) is 107 Å². The number of hydrogen-bond donors (Lipinski definition) is 2. The number of aryl methyl sites for hydroxylation is 2. The minimum absolute atomic E-state index is 0.114. The highest BCUT2D eigenvalue weighted by molar-refractivity contribution is 7.98. The fraction of sp³-hybridized carbons (Fsp3) is 0.435. The van der Waals surface area contributed by atoms with E-state index in [9.17, 15) is 9.59 Å². The Hall–Kier alpha value is -3.14. The number of amides is 2. The molecule has 2 aromatic heterocycles. The molecule has 3 aromatic rings. The number of nitrogens with zero attached hydrogens (tertiary/aromatic N) is 5. The third-order valence-electron chi connectivity index (χ3n) is 4.95. The maximum atomic E-state index is 12.6. The van der Waals surface area contributed by atoms with Crippen LogP contribution in [0.4, 0.5) is 5.69 Å². The summed E-state index contributed by atoms with van der Waals surface area (Å²) in [5.74, 6) is 1.17. The van der Waals surface area contributed by atoms with Crippen LogP contribution in [-0.4, -0.2) is 48.9 Å². The molecule has 2 heterocycles. The van der Waals surface area contributed by atoms with Crippen LogP contribution in [0.25, 0.3) is 0 Å². The number of anilines is 1. The summed E-state index contributed by atoms with van der Waals surface area (Å²) in [4.78, 5) is 28.7. The van der Waals surface area contributed by atoms with E-state index in [-0.39, 0.29) is 11.8 Å². The highest BCUT2D eigenvalue weighted by atomic mass is 32.2. The number of hydrogen-bond acceptors (Lipinski definition) is 6. The van der Waals surface area contributed by atoms with Crippen molar-refractivity contribution in [2.75, 3.05) is 18.1 Å². The number of imidazole rings is 1. The number of carbonyl (C=O) groups is 2. The van der Waals surface area contributed by atoms with Gasteiger partial charge in [-0.2, -0.15) is 0 Å². The summed E-state index contributed by atoms with van der Waals surface area (Å²) in [6.07, 6.45) is 9.00. The molecule has 0 radical (unpaired) electrons. The number of carbonyl (C=O) groups excluding carboxylic acids is 2. The molecule has 3 rings (SSSR count). The van der Waals surface area contributed by atoms with Crippen LogP contribution in [0, 0.1) is 5.92 Å². The lowest BCUT2D eigenvalue weighted by Crippen LogP contribution is -2.25. The Bertz CT molecular complexity index is 1050. The van der Waals surface area contributed by atoms with Crippen molar-refractivity contribution in [2.24, 2.45) is 5.92 Å². The van der Waals surface area contributed by atoms with Gasteiger partial charge in [-0.1, -0.05) is 31.7 Å². The molecular formula is C23H31N7O2S. The molecular weight excluding hydrogens is 438 g/mol. The maximum absolute atomic E-state index is 12.6. The van der Waals surface area contributed by atoms with Gasteiger partial charge in [-0.3, -0.25) is 9.59 Å². The van der Waals surface area contributed by atoms with Gasteiger partial charge in [0.05, 0.1) is 6.33 Å². The molecule has 9 nitrogen and oxygen atoms in total. The van der Waals surface area contributed by atoms with E-state index in [4.69, 9.17) is 0 Å². The van der Waals surface area contributed by atoms with Gasteiger partial charge in [0.1, 0.15) is 5.82 Å². The molecule has 0 aliphatic rings. The van der Waals surface area contributed by atoms with Gasteiger partial charge in [0.2, 0.25) is 5.91 Å². The Balaban J connectivity index is 1.46. The average molecular weight is 470 g/mol. The molecule has 1 aromatic carbocycles. The van der Waals surface area contributed by atoms with Crippen molar-refractivity contribution in [3.8, 4) is 0 Å². The van der Waals surface area contributed by atoms with Gasteiger partial charge in [0.25, 0.3) is 5.91 Å². The third kappa shape index (κ3) is 7.45. The summed E-state index contributed by atoms with van der Waals surface area (Å²) in [6.45, 7) is 6.30. The van der Waals surface area contributed by atoms with E-state index in [1.165, 1.54) is 0 Å². The second kappa shape index (κ2) is 12.2. The minimum Gasteiger partial charge on any atom is -0.352 e. The number of benzene rings is 1. The predicted molar refractivity (Wildman–Crippen MR) is 129 cm³/mol. The Morgan fingerprint density at radius 1 is 1.21 bits per heavy atom. The lowest BCUT2D eigenvalue weighted by Gasteiger charge is -2.12. The smallest absolute Gasteiger partial charge is 0.251 e. The monoisotopic (exact) mass is 469 g/mol. The van der Waals surface area contributed by atoms with Crippen molar-refractivity contribution >= 4 is 29.3 Å². The molecule has 33 heavy (non-hydrogen) atoms. The van der Waals surface area contributed by atoms with Gasteiger partial charge in [0.15, 0.2) is 5.16 Å². The summed E-state index contributed by atoms with van der Waals surface area (Å²) in [5.41, 5.74) is 1.11. The highest BCUT2D eigenvalue weighted by Gasteiger charge is 2.13. The predicted octanol–water partition coefficient (Wildman–Crippen LogP) is 3.24. The van der Waals surface area contributed by atoms with Gasteiger partial charge >= 0.3 is 0 Å². The van der Waals surface area contributed by atoms with Crippen molar-refractivity contribution in [1.82, 2.24) is 29.6 Å². The first-order valence-corrected chi connectivity index (χ1v) is 12.3. The van der Waals surface area contributed by atoms with E-state index in [0.717, 1.165) is 30.4 Å². The quantitative estimate of drug-likeness (QED) is 0.312. The van der Waals surface area contributed by atoms with E-state index in [2.05, 4.69) is 44.2 Å². The van der Waals surface area contributed by atoms with Crippen LogP contribution in [0.2, 0.25) is 0 Å². The minimum atomic E-state index is -0.169. The molecule has 0 unspecified atom stereocenters. The summed E-state index contributed by atoms with van der Waals surface area (Å²) >= 11 is 1.59. The van der Waals surface area contributed by atoms with E-state index in [1.54, 1.807) is 48.6 Å². The molecule has 0 atom stereocenters. The standard InChI is InChI=1S/C23H31N7O2S/c1-17(2)15-30-20(27-28-23(30)33-3)8-5-10-25-22(32)18-6-4-7-19(14-18)26-21(31)9-12-29-13-11-24-16-29/h4,6-7,11,13-14,16-17H,5,8-10,12,15H2,1-3H3,(H,25,32)(H,26,31). The second-order valence-electron chi connectivity index (χ2n) is 8.15. The zero-order valence-corrected chi connectivity index (χ0v) is 20.1. The fourth-order valence-electron chi connectivity index (χ4n) is 3.37. The van der Waals surface area contributed by atoms with Gasteiger partial charge < -0.3 is 19.8 Å². The molecule has 0 saturated heterocycles. The maximum Gasteiger partial charge on any atom is 0.251 e. The van der Waals surface area contributed by atoms with Crippen LogP contribution in [0.15, 0.2) is 48.1 Å². The van der Waals surface area contributed by atoms with Crippen LogP contribution in [0.1, 0.15) is 42.9 Å². The molecule has 0 aliphatic carbocycles. The van der Waals surface area contributed by atoms with Gasteiger partial charge in [-0.25, -0.2) is 4.98 Å². The molecule has 176 valence electrons. The fourth-order valence-corrected chi connectivity index (χ4v) is 3.89. The van der Waals surface area contributed by atoms with Gasteiger partial charge in [-0.05, 0) is 36.8 Å². The first-order chi connectivity index (χ1) is 16.0. The molecule has 0 saturated carbocycles. The van der Waals surface area contributed by atoms with Crippen molar-refractivity contribution < 1.29 is 9.59 Å². The van der Waals surface area contributed by atoms with Crippen LogP contribution in [-0.2, 0) is 24.3 Å².